The molecule has 0 saturated heterocycles. The van der Waals surface area contributed by atoms with Gasteiger partial charge in [-0.2, -0.15) is 0 Å². The highest BCUT2D eigenvalue weighted by Crippen LogP contribution is 2.35. The molecule has 11 heavy (non-hydrogen) atoms. The lowest BCUT2D eigenvalue weighted by atomic mass is 9.74. The molecule has 0 aromatic heterocycles. The van der Waals surface area contributed by atoms with E-state index in [0.717, 1.165) is 19.3 Å². The third kappa shape index (κ3) is 2.46. The summed E-state index contributed by atoms with van der Waals surface area (Å²) >= 11 is 0. The molecule has 2 nitrogen and oxygen atoms in total. The smallest absolute Gasteiger partial charge is 0.0591 e. The van der Waals surface area contributed by atoms with E-state index >= 15 is 0 Å². The van der Waals surface area contributed by atoms with Gasteiger partial charge in [0.05, 0.1) is 6.10 Å². The van der Waals surface area contributed by atoms with Crippen molar-refractivity contribution in [3.05, 3.63) is 0 Å². The van der Waals surface area contributed by atoms with E-state index in [1.165, 1.54) is 0 Å². The lowest BCUT2D eigenvalue weighted by Crippen LogP contribution is -2.40. The van der Waals surface area contributed by atoms with Gasteiger partial charge in [-0.1, -0.05) is 13.8 Å². The molecule has 1 rings (SSSR count). The number of rotatable bonds is 1. The van der Waals surface area contributed by atoms with Crippen LogP contribution < -0.4 is 5.73 Å². The van der Waals surface area contributed by atoms with Crippen molar-refractivity contribution in [2.45, 2.75) is 45.3 Å². The fourth-order valence-electron chi connectivity index (χ4n) is 2.09. The van der Waals surface area contributed by atoms with E-state index in [4.69, 9.17) is 10.5 Å². The van der Waals surface area contributed by atoms with Gasteiger partial charge in [-0.05, 0) is 24.7 Å². The highest BCUT2D eigenvalue weighted by Gasteiger charge is 2.32. The Balaban J connectivity index is 2.51. The van der Waals surface area contributed by atoms with Crippen LogP contribution in [0.5, 0.6) is 0 Å². The minimum absolute atomic E-state index is 0.337. The summed E-state index contributed by atoms with van der Waals surface area (Å²) in [5, 5.41) is 0. The van der Waals surface area contributed by atoms with Crippen LogP contribution in [0.25, 0.3) is 0 Å². The Labute approximate surface area is 69.1 Å². The minimum atomic E-state index is 0.337. The van der Waals surface area contributed by atoms with Gasteiger partial charge >= 0.3 is 0 Å². The first-order valence-electron chi connectivity index (χ1n) is 4.32. The van der Waals surface area contributed by atoms with E-state index in [2.05, 4.69) is 13.8 Å². The first-order valence-corrected chi connectivity index (χ1v) is 4.32. The molecule has 2 N–H and O–H groups in total. The van der Waals surface area contributed by atoms with Gasteiger partial charge in [-0.3, -0.25) is 0 Å². The Morgan fingerprint density at radius 3 is 2.45 bits per heavy atom. The highest BCUT2D eigenvalue weighted by atomic mass is 16.5. The number of ether oxygens (including phenoxy) is 1. The molecule has 2 atom stereocenters. The Bertz CT molecular complexity index is 134. The SMILES string of the molecule is CO[C@H]1C[C@H](N)CC(C)(C)C1. The maximum Gasteiger partial charge on any atom is 0.0591 e. The summed E-state index contributed by atoms with van der Waals surface area (Å²) in [7, 11) is 1.78. The van der Waals surface area contributed by atoms with Gasteiger partial charge in [0, 0.05) is 13.2 Å². The van der Waals surface area contributed by atoms with E-state index in [1.807, 2.05) is 0 Å². The fourth-order valence-corrected chi connectivity index (χ4v) is 2.09. The second kappa shape index (κ2) is 3.11. The number of hydrogen-bond acceptors (Lipinski definition) is 2. The summed E-state index contributed by atoms with van der Waals surface area (Å²) in [5.74, 6) is 0. The van der Waals surface area contributed by atoms with Crippen molar-refractivity contribution in [3.63, 3.8) is 0 Å². The van der Waals surface area contributed by atoms with Gasteiger partial charge in [0.1, 0.15) is 0 Å². The quantitative estimate of drug-likeness (QED) is 0.626. The number of hydrogen-bond donors (Lipinski definition) is 1. The van der Waals surface area contributed by atoms with E-state index in [9.17, 15) is 0 Å². The Morgan fingerprint density at radius 2 is 2.00 bits per heavy atom. The molecule has 1 aliphatic rings. The lowest BCUT2D eigenvalue weighted by Gasteiger charge is -2.37. The van der Waals surface area contributed by atoms with Crippen molar-refractivity contribution in [2.24, 2.45) is 11.1 Å². The average molecular weight is 157 g/mol. The first-order chi connectivity index (χ1) is 5.03. The molecule has 0 unspecified atom stereocenters. The van der Waals surface area contributed by atoms with Gasteiger partial charge in [0.15, 0.2) is 0 Å². The predicted molar refractivity (Wildman–Crippen MR) is 46.4 cm³/mol. The minimum Gasteiger partial charge on any atom is -0.381 e. The van der Waals surface area contributed by atoms with Crippen molar-refractivity contribution in [1.29, 1.82) is 0 Å². The largest absolute Gasteiger partial charge is 0.381 e. The maximum absolute atomic E-state index is 5.90. The van der Waals surface area contributed by atoms with Crippen LogP contribution in [-0.4, -0.2) is 19.3 Å². The van der Waals surface area contributed by atoms with Gasteiger partial charge in [-0.15, -0.1) is 0 Å². The molecule has 0 heterocycles. The molecule has 1 saturated carbocycles. The van der Waals surface area contributed by atoms with Crippen LogP contribution in [0.4, 0.5) is 0 Å². The van der Waals surface area contributed by atoms with Gasteiger partial charge in [-0.25, -0.2) is 0 Å². The third-order valence-electron chi connectivity index (χ3n) is 2.49. The summed E-state index contributed by atoms with van der Waals surface area (Å²) in [6, 6.07) is 0.337. The molecular formula is C9H19NO. The monoisotopic (exact) mass is 157 g/mol. The molecule has 0 spiro atoms. The molecule has 1 fully saturated rings. The highest BCUT2D eigenvalue weighted by molar-refractivity contribution is 4.86. The summed E-state index contributed by atoms with van der Waals surface area (Å²) in [6.45, 7) is 4.52. The summed E-state index contributed by atoms with van der Waals surface area (Å²) in [4.78, 5) is 0. The second-order valence-corrected chi connectivity index (χ2v) is 4.43. The Hall–Kier alpha value is -0.0800. The van der Waals surface area contributed by atoms with Crippen LogP contribution in [0.1, 0.15) is 33.1 Å². The zero-order valence-electron chi connectivity index (χ0n) is 7.76. The first kappa shape index (κ1) is 9.01. The molecule has 66 valence electrons. The average Bonchev–Trinajstić information content (AvgIpc) is 1.83. The van der Waals surface area contributed by atoms with Crippen LogP contribution in [0, 0.1) is 5.41 Å². The topological polar surface area (TPSA) is 35.2 Å². The second-order valence-electron chi connectivity index (χ2n) is 4.43. The van der Waals surface area contributed by atoms with E-state index < -0.39 is 0 Å². The lowest BCUT2D eigenvalue weighted by molar-refractivity contribution is 0.0179. The molecule has 2 heteroatoms. The molecule has 1 aliphatic carbocycles. The van der Waals surface area contributed by atoms with E-state index in [-0.39, 0.29) is 0 Å². The van der Waals surface area contributed by atoms with Crippen molar-refractivity contribution in [2.75, 3.05) is 7.11 Å². The van der Waals surface area contributed by atoms with Crippen LogP contribution in [0.3, 0.4) is 0 Å². The maximum atomic E-state index is 5.90. The van der Waals surface area contributed by atoms with Crippen molar-refractivity contribution in [1.82, 2.24) is 0 Å². The Kier molecular flexibility index (Phi) is 2.55. The molecule has 0 radical (unpaired) electrons. The van der Waals surface area contributed by atoms with Crippen LogP contribution in [-0.2, 0) is 4.74 Å². The molecular weight excluding hydrogens is 138 g/mol. The summed E-state index contributed by atoms with van der Waals surface area (Å²) < 4.78 is 5.32. The van der Waals surface area contributed by atoms with Crippen LogP contribution in [0.15, 0.2) is 0 Å². The van der Waals surface area contributed by atoms with Crippen molar-refractivity contribution in [3.8, 4) is 0 Å². The zero-order chi connectivity index (χ0) is 8.48. The number of nitrogens with two attached hydrogens (primary N) is 1. The molecule has 0 aromatic carbocycles. The van der Waals surface area contributed by atoms with E-state index in [1.54, 1.807) is 7.11 Å². The molecule has 0 bridgehead atoms. The molecule has 0 aromatic rings. The number of methoxy groups -OCH3 is 1. The van der Waals surface area contributed by atoms with Gasteiger partial charge < -0.3 is 10.5 Å². The predicted octanol–water partition coefficient (Wildman–Crippen LogP) is 1.54. The van der Waals surface area contributed by atoms with Crippen LogP contribution in [0.2, 0.25) is 0 Å². The molecule has 0 aliphatic heterocycles. The third-order valence-corrected chi connectivity index (χ3v) is 2.49. The van der Waals surface area contributed by atoms with Crippen LogP contribution >= 0.6 is 0 Å². The van der Waals surface area contributed by atoms with Gasteiger partial charge in [0.2, 0.25) is 0 Å². The Morgan fingerprint density at radius 1 is 1.36 bits per heavy atom. The molecule has 0 amide bonds. The van der Waals surface area contributed by atoms with Crippen molar-refractivity contribution >= 4 is 0 Å². The summed E-state index contributed by atoms with van der Waals surface area (Å²) in [5.41, 5.74) is 6.27. The summed E-state index contributed by atoms with van der Waals surface area (Å²) in [6.07, 6.45) is 3.69. The van der Waals surface area contributed by atoms with Crippen molar-refractivity contribution < 1.29 is 4.74 Å². The standard InChI is InChI=1S/C9H19NO/c1-9(2)5-7(10)4-8(6-9)11-3/h7-8H,4-6,10H2,1-3H3/t7-,8-/m0/s1. The normalized spacial score (nSPS) is 37.1. The fraction of sp³-hybridized carbons (Fsp3) is 1.00. The van der Waals surface area contributed by atoms with E-state index in [0.29, 0.717) is 17.6 Å². The zero-order valence-corrected chi connectivity index (χ0v) is 7.76. The van der Waals surface area contributed by atoms with Gasteiger partial charge in [0.25, 0.3) is 0 Å².